The molecule has 0 bridgehead atoms. The first-order chi connectivity index (χ1) is 13.5. The van der Waals surface area contributed by atoms with Gasteiger partial charge in [-0.25, -0.2) is 0 Å². The number of nitrogens with zero attached hydrogens (tertiary/aromatic N) is 4. The average molecular weight is 418 g/mol. The number of anilines is 1. The molecule has 0 aliphatic heterocycles. The predicted octanol–water partition coefficient (Wildman–Crippen LogP) is 4.36. The lowest BCUT2D eigenvalue weighted by atomic mass is 10.2. The fraction of sp³-hybridized carbons (Fsp3) is 0.278. The van der Waals surface area contributed by atoms with Crippen LogP contribution in [-0.4, -0.2) is 31.3 Å². The molecule has 0 saturated heterocycles. The molecular formula is C18H19N5O3S2. The van der Waals surface area contributed by atoms with Gasteiger partial charge in [-0.15, -0.1) is 21.5 Å². The van der Waals surface area contributed by atoms with Gasteiger partial charge in [0.2, 0.25) is 5.91 Å². The van der Waals surface area contributed by atoms with E-state index in [9.17, 15) is 14.9 Å². The van der Waals surface area contributed by atoms with Crippen LogP contribution in [0.5, 0.6) is 0 Å². The summed E-state index contributed by atoms with van der Waals surface area (Å²) in [5, 5.41) is 24.9. The molecule has 0 atom stereocenters. The minimum Gasteiger partial charge on any atom is -0.320 e. The number of amides is 1. The highest BCUT2D eigenvalue weighted by molar-refractivity contribution is 7.99. The summed E-state index contributed by atoms with van der Waals surface area (Å²) in [5.41, 5.74) is 1.06. The van der Waals surface area contributed by atoms with Crippen molar-refractivity contribution in [1.82, 2.24) is 14.8 Å². The highest BCUT2D eigenvalue weighted by Gasteiger charge is 2.18. The highest BCUT2D eigenvalue weighted by Crippen LogP contribution is 2.28. The minimum absolute atomic E-state index is 0.0799. The van der Waals surface area contributed by atoms with Crippen LogP contribution in [0.1, 0.15) is 18.2 Å². The Morgan fingerprint density at radius 3 is 2.82 bits per heavy atom. The number of rotatable bonds is 8. The van der Waals surface area contributed by atoms with Crippen molar-refractivity contribution in [2.75, 3.05) is 11.1 Å². The van der Waals surface area contributed by atoms with Crippen LogP contribution in [0.2, 0.25) is 0 Å². The Labute approximate surface area is 170 Å². The van der Waals surface area contributed by atoms with E-state index in [1.807, 2.05) is 16.9 Å². The summed E-state index contributed by atoms with van der Waals surface area (Å²) in [6, 6.07) is 8.13. The van der Waals surface area contributed by atoms with Crippen molar-refractivity contribution in [3.63, 3.8) is 0 Å². The molecule has 0 unspecified atom stereocenters. The van der Waals surface area contributed by atoms with Crippen LogP contribution in [0.4, 0.5) is 11.4 Å². The van der Waals surface area contributed by atoms with Crippen LogP contribution in [0, 0.1) is 17.0 Å². The highest BCUT2D eigenvalue weighted by atomic mass is 32.2. The molecular weight excluding hydrogens is 398 g/mol. The Kier molecular flexibility index (Phi) is 6.42. The first kappa shape index (κ1) is 20.0. The number of thiophene rings is 1. The van der Waals surface area contributed by atoms with Crippen LogP contribution in [0.3, 0.4) is 0 Å². The molecule has 28 heavy (non-hydrogen) atoms. The number of para-hydroxylation sites is 2. The zero-order chi connectivity index (χ0) is 20.1. The summed E-state index contributed by atoms with van der Waals surface area (Å²) in [6.07, 6.45) is 0.907. The number of thioether (sulfide) groups is 1. The normalized spacial score (nSPS) is 10.8. The third kappa shape index (κ3) is 4.57. The van der Waals surface area contributed by atoms with Gasteiger partial charge in [0.1, 0.15) is 5.69 Å². The number of nitro benzene ring substituents is 1. The Hall–Kier alpha value is -2.72. The third-order valence-electron chi connectivity index (χ3n) is 3.86. The van der Waals surface area contributed by atoms with E-state index in [1.165, 1.54) is 28.8 Å². The Morgan fingerprint density at radius 1 is 1.36 bits per heavy atom. The molecule has 3 rings (SSSR count). The molecule has 0 spiro atoms. The first-order valence-electron chi connectivity index (χ1n) is 8.64. The third-order valence-corrected chi connectivity index (χ3v) is 5.69. The molecule has 0 fully saturated rings. The van der Waals surface area contributed by atoms with Crippen LogP contribution < -0.4 is 5.32 Å². The Balaban J connectivity index is 1.71. The molecule has 8 nitrogen and oxygen atoms in total. The Bertz CT molecular complexity index is 999. The van der Waals surface area contributed by atoms with E-state index in [4.69, 9.17) is 0 Å². The molecule has 146 valence electrons. The van der Waals surface area contributed by atoms with Crippen LogP contribution in [-0.2, 0) is 11.3 Å². The molecule has 0 saturated carbocycles. The van der Waals surface area contributed by atoms with Crippen molar-refractivity contribution in [3.05, 3.63) is 50.7 Å². The van der Waals surface area contributed by atoms with Gasteiger partial charge in [0, 0.05) is 28.4 Å². The molecule has 1 aromatic carbocycles. The lowest BCUT2D eigenvalue weighted by Gasteiger charge is -2.08. The van der Waals surface area contributed by atoms with Crippen molar-refractivity contribution >= 4 is 40.4 Å². The number of nitrogens with one attached hydrogen (secondary N) is 1. The number of carbonyl (C=O) groups excluding carboxylic acids is 1. The van der Waals surface area contributed by atoms with Crippen molar-refractivity contribution in [2.45, 2.75) is 32.0 Å². The van der Waals surface area contributed by atoms with Crippen molar-refractivity contribution in [2.24, 2.45) is 0 Å². The number of benzene rings is 1. The fourth-order valence-electron chi connectivity index (χ4n) is 2.65. The Morgan fingerprint density at radius 2 is 2.14 bits per heavy atom. The molecule has 10 heteroatoms. The second-order valence-corrected chi connectivity index (χ2v) is 8.07. The first-order valence-corrected chi connectivity index (χ1v) is 10.5. The summed E-state index contributed by atoms with van der Waals surface area (Å²) in [6.45, 7) is 4.85. The lowest BCUT2D eigenvalue weighted by molar-refractivity contribution is -0.383. The van der Waals surface area contributed by atoms with Gasteiger partial charge < -0.3 is 9.88 Å². The number of hydrogen-bond acceptors (Lipinski definition) is 7. The number of aryl methyl sites for hydroxylation is 1. The molecule has 1 amide bonds. The number of carbonyl (C=O) groups is 1. The largest absolute Gasteiger partial charge is 0.320 e. The second-order valence-electron chi connectivity index (χ2n) is 6.01. The predicted molar refractivity (Wildman–Crippen MR) is 111 cm³/mol. The maximum atomic E-state index is 12.3. The fourth-order valence-corrected chi connectivity index (χ4v) is 4.10. The topological polar surface area (TPSA) is 103 Å². The van der Waals surface area contributed by atoms with Gasteiger partial charge in [-0.1, -0.05) is 30.8 Å². The maximum Gasteiger partial charge on any atom is 0.292 e. The van der Waals surface area contributed by atoms with Crippen LogP contribution in [0.15, 0.2) is 40.9 Å². The molecule has 3 aromatic rings. The number of hydrogen-bond donors (Lipinski definition) is 1. The molecule has 2 aromatic heterocycles. The summed E-state index contributed by atoms with van der Waals surface area (Å²) in [7, 11) is 0. The van der Waals surface area contributed by atoms with Gasteiger partial charge in [0.05, 0.1) is 10.7 Å². The van der Waals surface area contributed by atoms with Gasteiger partial charge in [-0.2, -0.15) is 0 Å². The summed E-state index contributed by atoms with van der Waals surface area (Å²) in [4.78, 5) is 24.0. The van der Waals surface area contributed by atoms with Crippen LogP contribution >= 0.6 is 23.1 Å². The van der Waals surface area contributed by atoms with E-state index in [0.29, 0.717) is 5.16 Å². The van der Waals surface area contributed by atoms with Crippen LogP contribution in [0.25, 0.3) is 11.4 Å². The monoisotopic (exact) mass is 417 g/mol. The molecule has 1 N–H and O–H groups in total. The maximum absolute atomic E-state index is 12.3. The van der Waals surface area contributed by atoms with Crippen molar-refractivity contribution in [1.29, 1.82) is 0 Å². The molecule has 0 radical (unpaired) electrons. The summed E-state index contributed by atoms with van der Waals surface area (Å²) in [5.74, 6) is 0.530. The van der Waals surface area contributed by atoms with Gasteiger partial charge in [-0.3, -0.25) is 14.9 Å². The summed E-state index contributed by atoms with van der Waals surface area (Å²) >= 11 is 2.91. The van der Waals surface area contributed by atoms with Gasteiger partial charge in [0.15, 0.2) is 11.0 Å². The smallest absolute Gasteiger partial charge is 0.292 e. The molecule has 0 aliphatic carbocycles. The van der Waals surface area contributed by atoms with E-state index in [1.54, 1.807) is 23.5 Å². The van der Waals surface area contributed by atoms with E-state index >= 15 is 0 Å². The zero-order valence-corrected chi connectivity index (χ0v) is 17.0. The molecule has 0 aliphatic rings. The zero-order valence-electron chi connectivity index (χ0n) is 15.4. The second kappa shape index (κ2) is 8.98. The SMILES string of the molecule is CCCn1c(SCC(=O)Nc2ccccc2[N+](=O)[O-])nnc1-c1csc(C)c1. The van der Waals surface area contributed by atoms with Crippen molar-refractivity contribution in [3.8, 4) is 11.4 Å². The van der Waals surface area contributed by atoms with E-state index in [0.717, 1.165) is 24.4 Å². The molecule has 2 heterocycles. The van der Waals surface area contributed by atoms with Gasteiger partial charge in [-0.05, 0) is 25.5 Å². The number of nitro groups is 1. The standard InChI is InChI=1S/C18H19N5O3S2/c1-3-8-22-17(13-9-12(2)27-10-13)20-21-18(22)28-11-16(24)19-14-6-4-5-7-15(14)23(25)26/h4-7,9-10H,3,8,11H2,1-2H3,(H,19,24). The van der Waals surface area contributed by atoms with Crippen molar-refractivity contribution < 1.29 is 9.72 Å². The summed E-state index contributed by atoms with van der Waals surface area (Å²) < 4.78 is 2.00. The average Bonchev–Trinajstić information content (AvgIpc) is 3.26. The quantitative estimate of drug-likeness (QED) is 0.332. The van der Waals surface area contributed by atoms with Gasteiger partial charge >= 0.3 is 0 Å². The van der Waals surface area contributed by atoms with Gasteiger partial charge in [0.25, 0.3) is 5.69 Å². The minimum atomic E-state index is -0.518. The number of aromatic nitrogens is 3. The lowest BCUT2D eigenvalue weighted by Crippen LogP contribution is -2.15. The van der Waals surface area contributed by atoms with E-state index in [2.05, 4.69) is 28.5 Å². The van der Waals surface area contributed by atoms with E-state index < -0.39 is 4.92 Å². The van der Waals surface area contributed by atoms with E-state index in [-0.39, 0.29) is 23.0 Å².